The van der Waals surface area contributed by atoms with Crippen LogP contribution in [0.5, 0.6) is 5.75 Å². The Morgan fingerprint density at radius 2 is 1.96 bits per heavy atom. The Balaban J connectivity index is 2.01. The van der Waals surface area contributed by atoms with Crippen molar-refractivity contribution in [2.24, 2.45) is 0 Å². The maximum absolute atomic E-state index is 13.4. The van der Waals surface area contributed by atoms with Crippen LogP contribution in [0.15, 0.2) is 42.5 Å². The van der Waals surface area contributed by atoms with Crippen molar-refractivity contribution in [2.75, 3.05) is 0 Å². The number of halogens is 2. The summed E-state index contributed by atoms with van der Waals surface area (Å²) in [4.78, 5) is 21.8. The Kier molecular flexibility index (Phi) is 5.13. The molecule has 0 spiro atoms. The zero-order valence-corrected chi connectivity index (χ0v) is 12.7. The number of rotatable bonds is 4. The van der Waals surface area contributed by atoms with Gasteiger partial charge in [0.25, 0.3) is 5.69 Å². The summed E-state index contributed by atoms with van der Waals surface area (Å²) in [6, 6.07) is 8.75. The Morgan fingerprint density at radius 3 is 2.57 bits per heavy atom. The molecule has 0 aliphatic carbocycles. The highest BCUT2D eigenvalue weighted by Gasteiger charge is 2.16. The predicted molar refractivity (Wildman–Crippen MR) is 82.1 cm³/mol. The third-order valence-electron chi connectivity index (χ3n) is 3.04. The first-order valence-electron chi connectivity index (χ1n) is 6.55. The Bertz CT molecular complexity index is 737. The molecule has 23 heavy (non-hydrogen) atoms. The van der Waals surface area contributed by atoms with Crippen LogP contribution in [0.4, 0.5) is 14.9 Å². The number of hydrogen-bond acceptors (Lipinski definition) is 4. The van der Waals surface area contributed by atoms with Gasteiger partial charge in [0.05, 0.1) is 16.0 Å². The molecule has 120 valence electrons. The highest BCUT2D eigenvalue weighted by Crippen LogP contribution is 2.25. The molecule has 0 saturated carbocycles. The molecule has 2 aromatic carbocycles. The number of carbonyl (C=O) groups is 1. The normalized spacial score (nSPS) is 11.6. The highest BCUT2D eigenvalue weighted by molar-refractivity contribution is 6.31. The minimum atomic E-state index is -0.785. The summed E-state index contributed by atoms with van der Waals surface area (Å²) in [6.07, 6.45) is -0.785. The number of hydrogen-bond donors (Lipinski definition) is 1. The molecule has 6 nitrogen and oxygen atoms in total. The van der Waals surface area contributed by atoms with E-state index >= 15 is 0 Å². The van der Waals surface area contributed by atoms with Gasteiger partial charge in [0.2, 0.25) is 0 Å². The first kappa shape index (κ1) is 16.7. The predicted octanol–water partition coefficient (Wildman–Crippen LogP) is 4.24. The molecule has 1 amide bonds. The molecule has 0 fully saturated rings. The standard InChI is InChI=1S/C15H12ClFN2O4/c1-9(12-3-2-4-13(17)14(12)16)18-15(20)23-11-7-5-10(6-8-11)19(21)22/h2-9H,1H3,(H,18,20). The Labute approximate surface area is 136 Å². The maximum Gasteiger partial charge on any atom is 0.413 e. The zero-order chi connectivity index (χ0) is 17.0. The fraction of sp³-hybridized carbons (Fsp3) is 0.133. The third-order valence-corrected chi connectivity index (χ3v) is 3.44. The van der Waals surface area contributed by atoms with Crippen LogP contribution in [0.25, 0.3) is 0 Å². The smallest absolute Gasteiger partial charge is 0.410 e. The van der Waals surface area contributed by atoms with E-state index in [9.17, 15) is 19.3 Å². The molecule has 0 aliphatic heterocycles. The van der Waals surface area contributed by atoms with Gasteiger partial charge in [-0.2, -0.15) is 0 Å². The van der Waals surface area contributed by atoms with Crippen molar-refractivity contribution in [1.82, 2.24) is 5.32 Å². The average Bonchev–Trinajstić information content (AvgIpc) is 2.50. The Hall–Kier alpha value is -2.67. The molecule has 8 heteroatoms. The number of nitrogens with one attached hydrogen (secondary N) is 1. The second kappa shape index (κ2) is 7.06. The molecule has 0 radical (unpaired) electrons. The number of carbonyl (C=O) groups excluding carboxylic acids is 1. The molecule has 0 aliphatic rings. The van der Waals surface area contributed by atoms with Gasteiger partial charge >= 0.3 is 6.09 Å². The van der Waals surface area contributed by atoms with Crippen molar-refractivity contribution < 1.29 is 18.8 Å². The van der Waals surface area contributed by atoms with Crippen molar-refractivity contribution >= 4 is 23.4 Å². The molecule has 0 saturated heterocycles. The Morgan fingerprint density at radius 1 is 1.30 bits per heavy atom. The summed E-state index contributed by atoms with van der Waals surface area (Å²) < 4.78 is 18.4. The second-order valence-corrected chi connectivity index (χ2v) is 5.03. The molecule has 0 heterocycles. The molecule has 2 aromatic rings. The minimum Gasteiger partial charge on any atom is -0.410 e. The van der Waals surface area contributed by atoms with E-state index in [1.54, 1.807) is 13.0 Å². The van der Waals surface area contributed by atoms with Gasteiger partial charge in [-0.05, 0) is 30.7 Å². The molecular formula is C15H12ClFN2O4. The number of benzene rings is 2. The summed E-state index contributed by atoms with van der Waals surface area (Å²) in [5.74, 6) is -0.438. The first-order valence-corrected chi connectivity index (χ1v) is 6.93. The number of ether oxygens (including phenoxy) is 1. The number of nitro groups is 1. The summed E-state index contributed by atoms with van der Waals surface area (Å²) in [5.41, 5.74) is 0.296. The van der Waals surface area contributed by atoms with Crippen LogP contribution < -0.4 is 10.1 Å². The largest absolute Gasteiger partial charge is 0.413 e. The average molecular weight is 339 g/mol. The van der Waals surface area contributed by atoms with Crippen molar-refractivity contribution in [3.05, 3.63) is 69.0 Å². The van der Waals surface area contributed by atoms with E-state index in [0.717, 1.165) is 0 Å². The molecule has 1 N–H and O–H groups in total. The van der Waals surface area contributed by atoms with Gasteiger partial charge in [0, 0.05) is 12.1 Å². The van der Waals surface area contributed by atoms with Crippen LogP contribution in [0.1, 0.15) is 18.5 Å². The molecule has 1 unspecified atom stereocenters. The molecule has 0 aromatic heterocycles. The molecular weight excluding hydrogens is 327 g/mol. The van der Waals surface area contributed by atoms with Gasteiger partial charge in [-0.1, -0.05) is 23.7 Å². The van der Waals surface area contributed by atoms with Crippen molar-refractivity contribution in [3.8, 4) is 5.75 Å². The summed E-state index contributed by atoms with van der Waals surface area (Å²) in [5, 5.41) is 13.0. The lowest BCUT2D eigenvalue weighted by atomic mass is 10.1. The summed E-state index contributed by atoms with van der Waals surface area (Å²) in [7, 11) is 0. The van der Waals surface area contributed by atoms with E-state index in [0.29, 0.717) is 5.56 Å². The fourth-order valence-electron chi connectivity index (χ4n) is 1.88. The third kappa shape index (κ3) is 4.17. The number of nitrogens with zero attached hydrogens (tertiary/aromatic N) is 1. The SMILES string of the molecule is CC(NC(=O)Oc1ccc([N+](=O)[O-])cc1)c1cccc(F)c1Cl. The van der Waals surface area contributed by atoms with Crippen LogP contribution in [-0.4, -0.2) is 11.0 Å². The van der Waals surface area contributed by atoms with E-state index in [-0.39, 0.29) is 16.5 Å². The summed E-state index contributed by atoms with van der Waals surface area (Å²) in [6.45, 7) is 1.62. The van der Waals surface area contributed by atoms with Crippen LogP contribution in [0.3, 0.4) is 0 Å². The van der Waals surface area contributed by atoms with Crippen LogP contribution >= 0.6 is 11.6 Å². The van der Waals surface area contributed by atoms with Crippen molar-refractivity contribution in [1.29, 1.82) is 0 Å². The van der Waals surface area contributed by atoms with Gasteiger partial charge in [-0.3, -0.25) is 10.1 Å². The van der Waals surface area contributed by atoms with E-state index in [2.05, 4.69) is 5.32 Å². The first-order chi connectivity index (χ1) is 10.9. The van der Waals surface area contributed by atoms with Gasteiger partial charge in [0.1, 0.15) is 11.6 Å². The maximum atomic E-state index is 13.4. The van der Waals surface area contributed by atoms with Crippen LogP contribution in [0.2, 0.25) is 5.02 Å². The highest BCUT2D eigenvalue weighted by atomic mass is 35.5. The molecule has 2 rings (SSSR count). The second-order valence-electron chi connectivity index (χ2n) is 4.65. The van der Waals surface area contributed by atoms with E-state index < -0.39 is 22.9 Å². The quantitative estimate of drug-likeness (QED) is 0.668. The van der Waals surface area contributed by atoms with Gasteiger partial charge < -0.3 is 10.1 Å². The van der Waals surface area contributed by atoms with Gasteiger partial charge in [-0.15, -0.1) is 0 Å². The number of amides is 1. The van der Waals surface area contributed by atoms with Crippen molar-refractivity contribution in [3.63, 3.8) is 0 Å². The van der Waals surface area contributed by atoms with Gasteiger partial charge in [0.15, 0.2) is 0 Å². The van der Waals surface area contributed by atoms with E-state index in [1.807, 2.05) is 0 Å². The van der Waals surface area contributed by atoms with Crippen LogP contribution in [0, 0.1) is 15.9 Å². The minimum absolute atomic E-state index is 0.0735. The lowest BCUT2D eigenvalue weighted by molar-refractivity contribution is -0.384. The number of non-ortho nitro benzene ring substituents is 1. The van der Waals surface area contributed by atoms with Crippen LogP contribution in [-0.2, 0) is 0 Å². The fourth-order valence-corrected chi connectivity index (χ4v) is 2.17. The lowest BCUT2D eigenvalue weighted by Gasteiger charge is -2.15. The van der Waals surface area contributed by atoms with E-state index in [1.165, 1.54) is 36.4 Å². The molecule has 0 bridgehead atoms. The monoisotopic (exact) mass is 338 g/mol. The number of nitro benzene ring substituents is 1. The molecule has 1 atom stereocenters. The van der Waals surface area contributed by atoms with Gasteiger partial charge in [-0.25, -0.2) is 9.18 Å². The summed E-state index contributed by atoms with van der Waals surface area (Å²) >= 11 is 5.85. The topological polar surface area (TPSA) is 81.5 Å². The van der Waals surface area contributed by atoms with E-state index in [4.69, 9.17) is 16.3 Å². The zero-order valence-electron chi connectivity index (χ0n) is 12.0. The lowest BCUT2D eigenvalue weighted by Crippen LogP contribution is -2.29. The van der Waals surface area contributed by atoms with Crippen molar-refractivity contribution in [2.45, 2.75) is 13.0 Å².